The molecule has 0 aromatic heterocycles. The summed E-state index contributed by atoms with van der Waals surface area (Å²) in [4.78, 5) is 0. The molecule has 0 radical (unpaired) electrons. The van der Waals surface area contributed by atoms with Crippen LogP contribution in [0.3, 0.4) is 0 Å². The molecule has 80 valence electrons. The second-order valence-electron chi connectivity index (χ2n) is 5.00. The van der Waals surface area contributed by atoms with Gasteiger partial charge in [-0.3, -0.25) is 0 Å². The van der Waals surface area contributed by atoms with Crippen LogP contribution in [0.5, 0.6) is 0 Å². The van der Waals surface area contributed by atoms with Crippen molar-refractivity contribution in [2.24, 2.45) is 5.41 Å². The van der Waals surface area contributed by atoms with Gasteiger partial charge in [-0.2, -0.15) is 0 Å². The molecule has 0 spiro atoms. The summed E-state index contributed by atoms with van der Waals surface area (Å²) in [5.74, 6) is 0.389. The smallest absolute Gasteiger partial charge is 0.117 e. The molecular formula is C13H22O. The second-order valence-corrected chi connectivity index (χ2v) is 5.00. The third-order valence-corrected chi connectivity index (χ3v) is 1.93. The maximum Gasteiger partial charge on any atom is 0.117 e. The maximum absolute atomic E-state index is 9.94. The van der Waals surface area contributed by atoms with Crippen molar-refractivity contribution in [1.29, 1.82) is 0 Å². The van der Waals surface area contributed by atoms with E-state index in [9.17, 15) is 5.11 Å². The third-order valence-electron chi connectivity index (χ3n) is 1.93. The van der Waals surface area contributed by atoms with Gasteiger partial charge in [-0.15, -0.1) is 0 Å². The van der Waals surface area contributed by atoms with Gasteiger partial charge in [0.05, 0.1) is 0 Å². The van der Waals surface area contributed by atoms with Crippen LogP contribution in [0, 0.1) is 5.41 Å². The fourth-order valence-electron chi connectivity index (χ4n) is 1.16. The number of allylic oxidation sites excluding steroid dienone is 4. The molecule has 0 aromatic carbocycles. The summed E-state index contributed by atoms with van der Waals surface area (Å²) < 4.78 is 0. The molecule has 0 heterocycles. The van der Waals surface area contributed by atoms with Crippen molar-refractivity contribution in [2.75, 3.05) is 0 Å². The molecule has 0 unspecified atom stereocenters. The molecule has 1 N–H and O–H groups in total. The first-order chi connectivity index (χ1) is 6.16. The van der Waals surface area contributed by atoms with E-state index in [1.807, 2.05) is 26.8 Å². The Kier molecular flexibility index (Phi) is 4.18. The van der Waals surface area contributed by atoms with Crippen LogP contribution in [0.4, 0.5) is 0 Å². The maximum atomic E-state index is 9.94. The third kappa shape index (κ3) is 3.82. The van der Waals surface area contributed by atoms with Crippen molar-refractivity contribution in [3.8, 4) is 0 Å². The summed E-state index contributed by atoms with van der Waals surface area (Å²) in [6.45, 7) is 15.8. The first-order valence-electron chi connectivity index (χ1n) is 4.90. The predicted octanol–water partition coefficient (Wildman–Crippen LogP) is 4.39. The average molecular weight is 194 g/mol. The quantitative estimate of drug-likeness (QED) is 0.510. The van der Waals surface area contributed by atoms with Gasteiger partial charge in [-0.1, -0.05) is 39.0 Å². The van der Waals surface area contributed by atoms with E-state index in [-0.39, 0.29) is 5.41 Å². The minimum Gasteiger partial charge on any atom is -0.508 e. The Morgan fingerprint density at radius 1 is 1.14 bits per heavy atom. The Morgan fingerprint density at radius 2 is 1.57 bits per heavy atom. The van der Waals surface area contributed by atoms with E-state index in [1.165, 1.54) is 0 Å². The molecule has 0 fully saturated rings. The van der Waals surface area contributed by atoms with E-state index in [0.717, 1.165) is 16.7 Å². The predicted molar refractivity (Wildman–Crippen MR) is 63.4 cm³/mol. The molecule has 0 aliphatic heterocycles. The molecule has 14 heavy (non-hydrogen) atoms. The van der Waals surface area contributed by atoms with Crippen LogP contribution in [0.1, 0.15) is 41.5 Å². The van der Waals surface area contributed by atoms with Gasteiger partial charge in [0, 0.05) is 0 Å². The number of hydrogen-bond acceptors (Lipinski definition) is 1. The summed E-state index contributed by atoms with van der Waals surface area (Å²) in [6, 6.07) is 0. The average Bonchev–Trinajstić information content (AvgIpc) is 1.96. The van der Waals surface area contributed by atoms with Gasteiger partial charge in [0.15, 0.2) is 0 Å². The molecule has 0 saturated carbocycles. The Morgan fingerprint density at radius 3 is 1.79 bits per heavy atom. The first-order valence-corrected chi connectivity index (χ1v) is 4.90. The topological polar surface area (TPSA) is 20.2 Å². The van der Waals surface area contributed by atoms with Crippen molar-refractivity contribution in [3.05, 3.63) is 35.1 Å². The first kappa shape index (κ1) is 13.0. The Labute approximate surface area is 87.8 Å². The van der Waals surface area contributed by atoms with Gasteiger partial charge < -0.3 is 5.11 Å². The summed E-state index contributed by atoms with van der Waals surface area (Å²) in [6.07, 6.45) is 1.95. The number of aliphatic hydroxyl groups excluding tert-OH is 1. The summed E-state index contributed by atoms with van der Waals surface area (Å²) in [5.41, 5.74) is 2.79. The normalized spacial score (nSPS) is 12.6. The lowest BCUT2D eigenvalue weighted by atomic mass is 9.83. The summed E-state index contributed by atoms with van der Waals surface area (Å²) >= 11 is 0. The molecule has 0 atom stereocenters. The Balaban J connectivity index is 5.37. The van der Waals surface area contributed by atoms with Crippen LogP contribution >= 0.6 is 0 Å². The number of aliphatic hydroxyl groups is 1. The lowest BCUT2D eigenvalue weighted by Gasteiger charge is -2.23. The van der Waals surface area contributed by atoms with Crippen LogP contribution in [-0.2, 0) is 0 Å². The Bertz CT molecular complexity index is 281. The lowest BCUT2D eigenvalue weighted by molar-refractivity contribution is 0.373. The Hall–Kier alpha value is -0.980. The highest BCUT2D eigenvalue weighted by molar-refractivity contribution is 5.37. The lowest BCUT2D eigenvalue weighted by Crippen LogP contribution is -2.12. The van der Waals surface area contributed by atoms with E-state index in [0.29, 0.717) is 5.76 Å². The SMILES string of the molecule is C=C(C)/C=C(\C(O)=C(C)C)C(C)(C)C. The molecular weight excluding hydrogens is 172 g/mol. The van der Waals surface area contributed by atoms with Crippen LogP contribution in [-0.4, -0.2) is 5.11 Å². The highest BCUT2D eigenvalue weighted by Crippen LogP contribution is 2.32. The van der Waals surface area contributed by atoms with Gasteiger partial charge in [0.25, 0.3) is 0 Å². The van der Waals surface area contributed by atoms with Crippen molar-refractivity contribution in [1.82, 2.24) is 0 Å². The van der Waals surface area contributed by atoms with Gasteiger partial charge in [0.2, 0.25) is 0 Å². The van der Waals surface area contributed by atoms with E-state index >= 15 is 0 Å². The van der Waals surface area contributed by atoms with Gasteiger partial charge in [-0.25, -0.2) is 0 Å². The molecule has 1 nitrogen and oxygen atoms in total. The fraction of sp³-hybridized carbons (Fsp3) is 0.538. The highest BCUT2D eigenvalue weighted by atomic mass is 16.3. The molecule has 1 heteroatoms. The van der Waals surface area contributed by atoms with Crippen LogP contribution < -0.4 is 0 Å². The minimum atomic E-state index is -0.0553. The van der Waals surface area contributed by atoms with Crippen molar-refractivity contribution >= 4 is 0 Å². The molecule has 0 bridgehead atoms. The monoisotopic (exact) mass is 194 g/mol. The van der Waals surface area contributed by atoms with Crippen molar-refractivity contribution in [2.45, 2.75) is 41.5 Å². The van der Waals surface area contributed by atoms with Crippen LogP contribution in [0.25, 0.3) is 0 Å². The molecule has 0 amide bonds. The summed E-state index contributed by atoms with van der Waals surface area (Å²) in [7, 11) is 0. The summed E-state index contributed by atoms with van der Waals surface area (Å²) in [5, 5.41) is 9.94. The number of rotatable bonds is 2. The second kappa shape index (κ2) is 4.50. The fourth-order valence-corrected chi connectivity index (χ4v) is 1.16. The van der Waals surface area contributed by atoms with Crippen molar-refractivity contribution < 1.29 is 5.11 Å². The molecule has 0 aliphatic carbocycles. The molecule has 0 aromatic rings. The van der Waals surface area contributed by atoms with Gasteiger partial charge in [-0.05, 0) is 37.3 Å². The zero-order valence-electron chi connectivity index (χ0n) is 10.2. The van der Waals surface area contributed by atoms with E-state index in [1.54, 1.807) is 0 Å². The van der Waals surface area contributed by atoms with E-state index in [4.69, 9.17) is 0 Å². The molecule has 0 aliphatic rings. The standard InChI is InChI=1S/C13H22O/c1-9(2)8-11(13(5,6)7)12(14)10(3)4/h8,14H,1H2,2-7H3/b11-8+. The van der Waals surface area contributed by atoms with Gasteiger partial charge in [0.1, 0.15) is 5.76 Å². The van der Waals surface area contributed by atoms with Crippen LogP contribution in [0.15, 0.2) is 35.1 Å². The molecule has 0 rings (SSSR count). The van der Waals surface area contributed by atoms with E-state index in [2.05, 4.69) is 27.4 Å². The van der Waals surface area contributed by atoms with Gasteiger partial charge >= 0.3 is 0 Å². The largest absolute Gasteiger partial charge is 0.508 e. The van der Waals surface area contributed by atoms with E-state index < -0.39 is 0 Å². The minimum absolute atomic E-state index is 0.0553. The highest BCUT2D eigenvalue weighted by Gasteiger charge is 2.20. The van der Waals surface area contributed by atoms with Crippen LogP contribution in [0.2, 0.25) is 0 Å². The molecule has 0 saturated heterocycles. The number of hydrogen-bond donors (Lipinski definition) is 1. The van der Waals surface area contributed by atoms with Crippen molar-refractivity contribution in [3.63, 3.8) is 0 Å². The zero-order valence-corrected chi connectivity index (χ0v) is 10.2. The zero-order chi connectivity index (χ0) is 11.5.